The zero-order valence-electron chi connectivity index (χ0n) is 15.9. The number of aromatic amines is 1. The van der Waals surface area contributed by atoms with Crippen LogP contribution in [-0.4, -0.2) is 40.5 Å². The highest BCUT2D eigenvalue weighted by Gasteiger charge is 2.26. The lowest BCUT2D eigenvalue weighted by Gasteiger charge is -2.31. The number of benzene rings is 2. The molecule has 27 heavy (non-hydrogen) atoms. The predicted octanol–water partition coefficient (Wildman–Crippen LogP) is 3.96. The number of amides is 1. The van der Waals surface area contributed by atoms with E-state index in [1.54, 1.807) is 0 Å². The molecule has 1 aromatic heterocycles. The Kier molecular flexibility index (Phi) is 4.84. The Morgan fingerprint density at radius 2 is 1.96 bits per heavy atom. The second-order valence-electron chi connectivity index (χ2n) is 7.35. The Bertz CT molecular complexity index is 955. The van der Waals surface area contributed by atoms with Gasteiger partial charge in [0.25, 0.3) is 5.91 Å². The first-order valence-corrected chi connectivity index (χ1v) is 9.52. The van der Waals surface area contributed by atoms with Gasteiger partial charge in [0.2, 0.25) is 0 Å². The number of piperidine rings is 1. The van der Waals surface area contributed by atoms with Crippen LogP contribution in [0.1, 0.15) is 35.7 Å². The first kappa shape index (κ1) is 17.6. The van der Waals surface area contributed by atoms with Crippen LogP contribution in [0.4, 0.5) is 0 Å². The lowest BCUT2D eigenvalue weighted by atomic mass is 9.96. The zero-order chi connectivity index (χ0) is 18.8. The van der Waals surface area contributed by atoms with Gasteiger partial charge in [-0.15, -0.1) is 0 Å². The number of imidazole rings is 1. The van der Waals surface area contributed by atoms with E-state index in [-0.39, 0.29) is 12.5 Å². The normalized spacial score (nSPS) is 15.3. The fourth-order valence-electron chi connectivity index (χ4n) is 3.69. The molecule has 2 aromatic carbocycles. The second kappa shape index (κ2) is 7.43. The molecule has 3 aromatic rings. The number of rotatable bonds is 4. The summed E-state index contributed by atoms with van der Waals surface area (Å²) in [5, 5.41) is 0. The molecule has 1 fully saturated rings. The molecule has 4 rings (SSSR count). The van der Waals surface area contributed by atoms with Crippen molar-refractivity contribution in [1.29, 1.82) is 0 Å². The fourth-order valence-corrected chi connectivity index (χ4v) is 3.69. The van der Waals surface area contributed by atoms with E-state index in [4.69, 9.17) is 9.72 Å². The van der Waals surface area contributed by atoms with Crippen LogP contribution < -0.4 is 4.74 Å². The smallest absolute Gasteiger partial charge is 0.260 e. The molecule has 0 aliphatic carbocycles. The number of para-hydroxylation sites is 1. The van der Waals surface area contributed by atoms with Crippen LogP contribution in [0.2, 0.25) is 0 Å². The highest BCUT2D eigenvalue weighted by atomic mass is 16.5. The molecule has 140 valence electrons. The molecule has 5 nitrogen and oxygen atoms in total. The molecule has 5 heteroatoms. The summed E-state index contributed by atoms with van der Waals surface area (Å²) in [5.74, 6) is 2.24. The maximum Gasteiger partial charge on any atom is 0.260 e. The Hall–Kier alpha value is -2.82. The first-order chi connectivity index (χ1) is 13.1. The number of fused-ring (bicyclic) bond motifs is 1. The molecule has 1 saturated heterocycles. The summed E-state index contributed by atoms with van der Waals surface area (Å²) in [6.45, 7) is 5.66. The molecule has 1 aliphatic rings. The van der Waals surface area contributed by atoms with E-state index in [1.807, 2.05) is 36.1 Å². The average Bonchev–Trinajstić information content (AvgIpc) is 3.10. The number of H-pyrrole nitrogens is 1. The molecule has 0 atom stereocenters. The minimum absolute atomic E-state index is 0.0527. The molecule has 0 saturated carbocycles. The van der Waals surface area contributed by atoms with Crippen molar-refractivity contribution < 1.29 is 9.53 Å². The van der Waals surface area contributed by atoms with Gasteiger partial charge in [-0.3, -0.25) is 4.79 Å². The SMILES string of the molecule is Cc1ccc2nc(C3CCN(C(=O)COc4ccccc4C)CC3)[nH]c2c1. The van der Waals surface area contributed by atoms with Gasteiger partial charge < -0.3 is 14.6 Å². The van der Waals surface area contributed by atoms with Crippen molar-refractivity contribution in [2.45, 2.75) is 32.6 Å². The molecule has 1 amide bonds. The van der Waals surface area contributed by atoms with Crippen molar-refractivity contribution in [3.8, 4) is 5.75 Å². The largest absolute Gasteiger partial charge is 0.484 e. The summed E-state index contributed by atoms with van der Waals surface area (Å²) in [4.78, 5) is 22.6. The van der Waals surface area contributed by atoms with Crippen LogP contribution in [0.25, 0.3) is 11.0 Å². The van der Waals surface area contributed by atoms with Gasteiger partial charge in [-0.2, -0.15) is 0 Å². The topological polar surface area (TPSA) is 58.2 Å². The van der Waals surface area contributed by atoms with Crippen molar-refractivity contribution in [2.24, 2.45) is 0 Å². The van der Waals surface area contributed by atoms with Crippen LogP contribution in [0.5, 0.6) is 5.75 Å². The van der Waals surface area contributed by atoms with Gasteiger partial charge in [-0.1, -0.05) is 24.3 Å². The minimum Gasteiger partial charge on any atom is -0.484 e. The third-order valence-electron chi connectivity index (χ3n) is 5.33. The highest BCUT2D eigenvalue weighted by molar-refractivity contribution is 5.78. The third kappa shape index (κ3) is 3.82. The van der Waals surface area contributed by atoms with E-state index >= 15 is 0 Å². The molecule has 0 spiro atoms. The monoisotopic (exact) mass is 363 g/mol. The fraction of sp³-hybridized carbons (Fsp3) is 0.364. The summed E-state index contributed by atoms with van der Waals surface area (Å²) in [6.07, 6.45) is 1.85. The second-order valence-corrected chi connectivity index (χ2v) is 7.35. The number of nitrogens with zero attached hydrogens (tertiary/aromatic N) is 2. The van der Waals surface area contributed by atoms with Crippen molar-refractivity contribution in [1.82, 2.24) is 14.9 Å². The first-order valence-electron chi connectivity index (χ1n) is 9.52. The number of hydrogen-bond donors (Lipinski definition) is 1. The number of carbonyl (C=O) groups is 1. The quantitative estimate of drug-likeness (QED) is 0.763. The molecular weight excluding hydrogens is 338 g/mol. The van der Waals surface area contributed by atoms with E-state index in [0.717, 1.165) is 54.1 Å². The molecule has 0 bridgehead atoms. The lowest BCUT2D eigenvalue weighted by Crippen LogP contribution is -2.40. The van der Waals surface area contributed by atoms with Crippen molar-refractivity contribution in [2.75, 3.05) is 19.7 Å². The van der Waals surface area contributed by atoms with E-state index < -0.39 is 0 Å². The zero-order valence-corrected chi connectivity index (χ0v) is 15.9. The molecule has 1 aliphatic heterocycles. The lowest BCUT2D eigenvalue weighted by molar-refractivity contribution is -0.134. The van der Waals surface area contributed by atoms with E-state index in [0.29, 0.717) is 5.92 Å². The van der Waals surface area contributed by atoms with Crippen LogP contribution in [0, 0.1) is 13.8 Å². The van der Waals surface area contributed by atoms with Crippen molar-refractivity contribution >= 4 is 16.9 Å². The number of aromatic nitrogens is 2. The number of carbonyl (C=O) groups excluding carboxylic acids is 1. The van der Waals surface area contributed by atoms with Crippen LogP contribution in [0.15, 0.2) is 42.5 Å². The van der Waals surface area contributed by atoms with Gasteiger partial charge in [0, 0.05) is 19.0 Å². The van der Waals surface area contributed by atoms with Gasteiger partial charge in [0.15, 0.2) is 6.61 Å². The molecular formula is C22H25N3O2. The summed E-state index contributed by atoms with van der Waals surface area (Å²) in [7, 11) is 0. The average molecular weight is 363 g/mol. The molecule has 0 radical (unpaired) electrons. The Morgan fingerprint density at radius 3 is 2.74 bits per heavy atom. The predicted molar refractivity (Wildman–Crippen MR) is 106 cm³/mol. The number of likely N-dealkylation sites (tertiary alicyclic amines) is 1. The summed E-state index contributed by atoms with van der Waals surface area (Å²) in [5.41, 5.74) is 4.38. The van der Waals surface area contributed by atoms with Gasteiger partial charge >= 0.3 is 0 Å². The number of nitrogens with one attached hydrogen (secondary N) is 1. The molecule has 1 N–H and O–H groups in total. The van der Waals surface area contributed by atoms with Crippen molar-refractivity contribution in [3.63, 3.8) is 0 Å². The van der Waals surface area contributed by atoms with Gasteiger partial charge in [-0.05, 0) is 56.0 Å². The maximum absolute atomic E-state index is 12.5. The Morgan fingerprint density at radius 1 is 1.19 bits per heavy atom. The standard InChI is InChI=1S/C22H25N3O2/c1-15-7-8-18-19(13-15)24-22(23-18)17-9-11-25(12-10-17)21(26)14-27-20-6-4-3-5-16(20)2/h3-8,13,17H,9-12,14H2,1-2H3,(H,23,24). The van der Waals surface area contributed by atoms with Crippen LogP contribution in [-0.2, 0) is 4.79 Å². The Balaban J connectivity index is 1.34. The Labute approximate surface area is 159 Å². The van der Waals surface area contributed by atoms with E-state index in [2.05, 4.69) is 30.1 Å². The third-order valence-corrected chi connectivity index (χ3v) is 5.33. The van der Waals surface area contributed by atoms with Crippen LogP contribution in [0.3, 0.4) is 0 Å². The van der Waals surface area contributed by atoms with E-state index in [1.165, 1.54) is 5.56 Å². The summed E-state index contributed by atoms with van der Waals surface area (Å²) < 4.78 is 5.70. The summed E-state index contributed by atoms with van der Waals surface area (Å²) >= 11 is 0. The number of ether oxygens (including phenoxy) is 1. The van der Waals surface area contributed by atoms with Gasteiger partial charge in [0.1, 0.15) is 11.6 Å². The highest BCUT2D eigenvalue weighted by Crippen LogP contribution is 2.28. The number of hydrogen-bond acceptors (Lipinski definition) is 3. The minimum atomic E-state index is 0.0527. The van der Waals surface area contributed by atoms with Gasteiger partial charge in [0.05, 0.1) is 11.0 Å². The number of aryl methyl sites for hydroxylation is 2. The summed E-state index contributed by atoms with van der Waals surface area (Å²) in [6, 6.07) is 14.1. The van der Waals surface area contributed by atoms with Crippen LogP contribution >= 0.6 is 0 Å². The van der Waals surface area contributed by atoms with Crippen molar-refractivity contribution in [3.05, 3.63) is 59.4 Å². The van der Waals surface area contributed by atoms with E-state index in [9.17, 15) is 4.79 Å². The maximum atomic E-state index is 12.5. The molecule has 0 unspecified atom stereocenters. The molecule has 2 heterocycles. The van der Waals surface area contributed by atoms with Gasteiger partial charge in [-0.25, -0.2) is 4.98 Å².